The normalized spacial score (nSPS) is 16.4. The van der Waals surface area contributed by atoms with E-state index in [2.05, 4.69) is 5.32 Å². The van der Waals surface area contributed by atoms with Gasteiger partial charge in [0.1, 0.15) is 15.1 Å². The third-order valence-electron chi connectivity index (χ3n) is 5.75. The number of thioether (sulfide) groups is 1. The van der Waals surface area contributed by atoms with E-state index in [-0.39, 0.29) is 31.4 Å². The molecule has 2 heterocycles. The van der Waals surface area contributed by atoms with Crippen LogP contribution in [0, 0.1) is 0 Å². The number of anilines is 1. The van der Waals surface area contributed by atoms with Gasteiger partial charge in [-0.2, -0.15) is 0 Å². The monoisotopic (exact) mass is 530 g/mol. The second kappa shape index (κ2) is 11.4. The van der Waals surface area contributed by atoms with Gasteiger partial charge >= 0.3 is 5.97 Å². The molecule has 0 bridgehead atoms. The van der Waals surface area contributed by atoms with E-state index in [1.54, 1.807) is 20.1 Å². The SMILES string of the molecule is CCOC(=O)c1c(NC(=O)CCN2C(=O)/C(=C/c3ccc(OC)cc3)SC2=S)sc2c1CCCC2. The van der Waals surface area contributed by atoms with Gasteiger partial charge in [-0.3, -0.25) is 14.5 Å². The Morgan fingerprint density at radius 2 is 1.94 bits per heavy atom. The number of hydrogen-bond donors (Lipinski definition) is 1. The van der Waals surface area contributed by atoms with Crippen LogP contribution in [0.2, 0.25) is 0 Å². The number of thiophene rings is 1. The van der Waals surface area contributed by atoms with Crippen LogP contribution in [-0.4, -0.2) is 47.3 Å². The van der Waals surface area contributed by atoms with Crippen molar-refractivity contribution in [1.29, 1.82) is 0 Å². The molecule has 1 fully saturated rings. The minimum Gasteiger partial charge on any atom is -0.497 e. The highest BCUT2D eigenvalue weighted by Crippen LogP contribution is 2.39. The van der Waals surface area contributed by atoms with Crippen molar-refractivity contribution >= 4 is 68.5 Å². The third kappa shape index (κ3) is 5.76. The summed E-state index contributed by atoms with van der Waals surface area (Å²) in [6, 6.07) is 7.37. The van der Waals surface area contributed by atoms with Crippen LogP contribution in [0.5, 0.6) is 5.75 Å². The number of methoxy groups -OCH3 is 1. The van der Waals surface area contributed by atoms with Crippen molar-refractivity contribution in [1.82, 2.24) is 4.90 Å². The summed E-state index contributed by atoms with van der Waals surface area (Å²) in [4.78, 5) is 41.4. The van der Waals surface area contributed by atoms with Crippen molar-refractivity contribution in [3.8, 4) is 5.75 Å². The second-order valence-electron chi connectivity index (χ2n) is 8.04. The first-order valence-corrected chi connectivity index (χ1v) is 13.5. The van der Waals surface area contributed by atoms with Gasteiger partial charge in [0, 0.05) is 17.8 Å². The molecule has 2 amide bonds. The topological polar surface area (TPSA) is 84.9 Å². The van der Waals surface area contributed by atoms with E-state index in [0.29, 0.717) is 19.8 Å². The number of nitrogens with zero attached hydrogens (tertiary/aromatic N) is 1. The minimum absolute atomic E-state index is 0.0626. The van der Waals surface area contributed by atoms with Crippen LogP contribution >= 0.6 is 35.3 Å². The maximum atomic E-state index is 12.9. The maximum Gasteiger partial charge on any atom is 0.341 e. The molecule has 0 unspecified atom stereocenters. The predicted octanol–water partition coefficient (Wildman–Crippen LogP) is 5.04. The van der Waals surface area contributed by atoms with Crippen molar-refractivity contribution in [2.45, 2.75) is 39.0 Å². The Kier molecular flexibility index (Phi) is 8.25. The molecule has 184 valence electrons. The Hall–Kier alpha value is -2.69. The van der Waals surface area contributed by atoms with E-state index in [1.165, 1.54) is 28.0 Å². The molecule has 1 aliphatic carbocycles. The molecule has 2 aromatic rings. The van der Waals surface area contributed by atoms with Gasteiger partial charge in [0.05, 0.1) is 24.2 Å². The van der Waals surface area contributed by atoms with Gasteiger partial charge in [-0.1, -0.05) is 36.1 Å². The van der Waals surface area contributed by atoms with E-state index in [4.69, 9.17) is 21.7 Å². The molecule has 35 heavy (non-hydrogen) atoms. The fourth-order valence-electron chi connectivity index (χ4n) is 4.02. The number of fused-ring (bicyclic) bond motifs is 1. The molecular formula is C25H26N2O5S3. The molecule has 0 spiro atoms. The van der Waals surface area contributed by atoms with Crippen molar-refractivity contribution in [3.63, 3.8) is 0 Å². The van der Waals surface area contributed by atoms with Crippen molar-refractivity contribution in [2.75, 3.05) is 25.6 Å². The summed E-state index contributed by atoms with van der Waals surface area (Å²) in [5.41, 5.74) is 2.33. The number of amides is 2. The molecule has 1 saturated heterocycles. The lowest BCUT2D eigenvalue weighted by Crippen LogP contribution is -2.31. The number of rotatable bonds is 8. The fourth-order valence-corrected chi connectivity index (χ4v) is 6.62. The lowest BCUT2D eigenvalue weighted by Gasteiger charge is -2.14. The van der Waals surface area contributed by atoms with Gasteiger partial charge in [-0.25, -0.2) is 4.79 Å². The Balaban J connectivity index is 1.41. The number of nitrogens with one attached hydrogen (secondary N) is 1. The van der Waals surface area contributed by atoms with Gasteiger partial charge < -0.3 is 14.8 Å². The average molecular weight is 531 g/mol. The van der Waals surface area contributed by atoms with E-state index in [1.807, 2.05) is 24.3 Å². The van der Waals surface area contributed by atoms with E-state index < -0.39 is 5.97 Å². The van der Waals surface area contributed by atoms with E-state index in [0.717, 1.165) is 47.4 Å². The van der Waals surface area contributed by atoms with Crippen molar-refractivity contribution in [2.24, 2.45) is 0 Å². The molecule has 1 N–H and O–H groups in total. The van der Waals surface area contributed by atoms with Gasteiger partial charge in [0.15, 0.2) is 0 Å². The number of carbonyl (C=O) groups excluding carboxylic acids is 3. The summed E-state index contributed by atoms with van der Waals surface area (Å²) in [6.07, 6.45) is 5.64. The van der Waals surface area contributed by atoms with Gasteiger partial charge in [0.2, 0.25) is 5.91 Å². The standard InChI is InChI=1S/C25H26N2O5S3/c1-3-32-24(30)21-17-6-4-5-7-18(17)34-22(21)26-20(28)12-13-27-23(29)19(35-25(27)33)14-15-8-10-16(31-2)11-9-15/h8-11,14H,3-7,12-13H2,1-2H3,(H,26,28)/b19-14-. The number of hydrogen-bond acceptors (Lipinski definition) is 8. The van der Waals surface area contributed by atoms with Crippen LogP contribution < -0.4 is 10.1 Å². The molecule has 0 saturated carbocycles. The van der Waals surface area contributed by atoms with E-state index >= 15 is 0 Å². The molecule has 1 aliphatic heterocycles. The zero-order chi connectivity index (χ0) is 24.9. The van der Waals surface area contributed by atoms with Crippen molar-refractivity contribution in [3.05, 3.63) is 50.7 Å². The quantitative estimate of drug-likeness (QED) is 0.291. The molecule has 1 aromatic carbocycles. The molecule has 2 aliphatic rings. The highest BCUT2D eigenvalue weighted by Gasteiger charge is 2.32. The summed E-state index contributed by atoms with van der Waals surface area (Å²) in [6.45, 7) is 2.20. The fraction of sp³-hybridized carbons (Fsp3) is 0.360. The van der Waals surface area contributed by atoms with Gasteiger partial charge in [0.25, 0.3) is 5.91 Å². The summed E-state index contributed by atoms with van der Waals surface area (Å²) >= 11 is 8.06. The van der Waals surface area contributed by atoms with Crippen LogP contribution in [0.25, 0.3) is 6.08 Å². The molecule has 4 rings (SSSR count). The summed E-state index contributed by atoms with van der Waals surface area (Å²) in [5, 5.41) is 3.42. The van der Waals surface area contributed by atoms with Crippen LogP contribution in [0.4, 0.5) is 5.00 Å². The molecule has 7 nitrogen and oxygen atoms in total. The Morgan fingerprint density at radius 1 is 1.20 bits per heavy atom. The van der Waals surface area contributed by atoms with Gasteiger partial charge in [-0.05, 0) is 61.9 Å². The zero-order valence-corrected chi connectivity index (χ0v) is 22.0. The summed E-state index contributed by atoms with van der Waals surface area (Å²) in [5.74, 6) is -0.161. The van der Waals surface area contributed by atoms with Gasteiger partial charge in [-0.15, -0.1) is 11.3 Å². The minimum atomic E-state index is -0.400. The maximum absolute atomic E-state index is 12.9. The Labute approximate surface area is 217 Å². The molecular weight excluding hydrogens is 504 g/mol. The Bertz CT molecular complexity index is 1190. The molecule has 0 radical (unpaired) electrons. The smallest absolute Gasteiger partial charge is 0.341 e. The zero-order valence-electron chi connectivity index (χ0n) is 19.5. The summed E-state index contributed by atoms with van der Waals surface area (Å²) in [7, 11) is 1.60. The van der Waals surface area contributed by atoms with Crippen LogP contribution in [0.1, 0.15) is 52.5 Å². The number of carbonyl (C=O) groups is 3. The third-order valence-corrected chi connectivity index (χ3v) is 8.34. The van der Waals surface area contributed by atoms with Crippen molar-refractivity contribution < 1.29 is 23.9 Å². The Morgan fingerprint density at radius 3 is 2.66 bits per heavy atom. The van der Waals surface area contributed by atoms with Crippen LogP contribution in [0.3, 0.4) is 0 Å². The number of benzene rings is 1. The highest BCUT2D eigenvalue weighted by atomic mass is 32.2. The summed E-state index contributed by atoms with van der Waals surface area (Å²) < 4.78 is 10.8. The largest absolute Gasteiger partial charge is 0.497 e. The highest BCUT2D eigenvalue weighted by molar-refractivity contribution is 8.26. The number of aryl methyl sites for hydroxylation is 1. The lowest BCUT2D eigenvalue weighted by molar-refractivity contribution is -0.122. The van der Waals surface area contributed by atoms with Crippen LogP contribution in [0.15, 0.2) is 29.2 Å². The number of esters is 1. The number of ether oxygens (including phenoxy) is 2. The van der Waals surface area contributed by atoms with E-state index in [9.17, 15) is 14.4 Å². The predicted molar refractivity (Wildman–Crippen MR) is 143 cm³/mol. The second-order valence-corrected chi connectivity index (χ2v) is 10.8. The van der Waals surface area contributed by atoms with Crippen LogP contribution in [-0.2, 0) is 27.2 Å². The average Bonchev–Trinajstić information content (AvgIpc) is 3.34. The molecule has 1 aromatic heterocycles. The lowest BCUT2D eigenvalue weighted by atomic mass is 9.95. The first kappa shape index (κ1) is 25.4. The molecule has 10 heteroatoms. The number of thiocarbonyl (C=S) groups is 1. The molecule has 0 atom stereocenters. The first-order valence-electron chi connectivity index (χ1n) is 11.4. The first-order chi connectivity index (χ1) is 16.9.